The maximum Gasteiger partial charge on any atom is 4.00 e. The zero-order valence-corrected chi connectivity index (χ0v) is 62.6. The summed E-state index contributed by atoms with van der Waals surface area (Å²) in [6.45, 7) is 35.6. The molecule has 0 aliphatic carbocycles. The van der Waals surface area contributed by atoms with E-state index in [1.165, 1.54) is 0 Å². The van der Waals surface area contributed by atoms with Crippen LogP contribution in [0.25, 0.3) is 0 Å². The molecule has 0 aromatic carbocycles. The second kappa shape index (κ2) is 63.8. The van der Waals surface area contributed by atoms with Crippen molar-refractivity contribution < 1.29 is 92.6 Å². The first kappa shape index (κ1) is 94.7. The summed E-state index contributed by atoms with van der Waals surface area (Å²) in [5.41, 5.74) is 0. The Balaban J connectivity index is -0.000000333. The van der Waals surface area contributed by atoms with Gasteiger partial charge in [-0.1, -0.05) is 265 Å². The van der Waals surface area contributed by atoms with Crippen molar-refractivity contribution in [2.24, 2.45) is 47.3 Å². The summed E-state index contributed by atoms with van der Waals surface area (Å²) in [6.07, 6.45) is 33.5. The van der Waals surface area contributed by atoms with Crippen LogP contribution in [-0.4, -0.2) is 52.9 Å². The topological polar surface area (TPSA) is 234 Å². The fourth-order valence-electron chi connectivity index (χ4n) is 8.91. The Morgan fingerprint density at radius 3 is 0.388 bits per heavy atom. The Bertz CT molecular complexity index is 1270. The predicted molar refractivity (Wildman–Crippen MR) is 344 cm³/mol. The number of rotatable bonds is 56. The minimum atomic E-state index is -4.14. The standard InChI is InChI=1S/4C16H35O4P.V/c4*1-5-9-11-15(7-3)13-19-21(17,18)20-14-16(8-4)12-10-6-2;/h4*15-16H,5-14H2,1-4H3,(H,17,18);/q;;;;+4/p-4. The van der Waals surface area contributed by atoms with Crippen LogP contribution >= 0.6 is 31.3 Å². The average Bonchev–Trinajstić information content (AvgIpc) is 3.55. The third-order valence-corrected chi connectivity index (χ3v) is 19.8. The van der Waals surface area contributed by atoms with Gasteiger partial charge in [-0.15, -0.1) is 0 Å². The molecule has 0 aliphatic rings. The molecule has 16 nitrogen and oxygen atoms in total. The van der Waals surface area contributed by atoms with Crippen LogP contribution in [-0.2, 0) is 73.0 Å². The third kappa shape index (κ3) is 62.3. The molecule has 8 atom stereocenters. The van der Waals surface area contributed by atoms with Crippen molar-refractivity contribution in [1.82, 2.24) is 0 Å². The summed E-state index contributed by atoms with van der Waals surface area (Å²) in [6, 6.07) is 0. The Morgan fingerprint density at radius 1 is 0.224 bits per heavy atom. The van der Waals surface area contributed by atoms with Gasteiger partial charge in [-0.25, -0.2) is 0 Å². The van der Waals surface area contributed by atoms with E-state index in [-0.39, 0.29) is 71.4 Å². The van der Waals surface area contributed by atoms with Crippen molar-refractivity contribution in [2.45, 2.75) is 316 Å². The minimum absolute atomic E-state index is 0. The van der Waals surface area contributed by atoms with Gasteiger partial charge in [0.25, 0.3) is 31.3 Å². The maximum atomic E-state index is 11.8. The first-order valence-electron chi connectivity index (χ1n) is 34.3. The van der Waals surface area contributed by atoms with Gasteiger partial charge in [0.15, 0.2) is 0 Å². The van der Waals surface area contributed by atoms with Crippen LogP contribution in [0.4, 0.5) is 0 Å². The maximum absolute atomic E-state index is 11.8. The molecule has 0 rings (SSSR count). The number of hydrogen-bond donors (Lipinski definition) is 0. The third-order valence-electron chi connectivity index (χ3n) is 16.1. The molecule has 21 heteroatoms. The van der Waals surface area contributed by atoms with Gasteiger partial charge in [0, 0.05) is 0 Å². The number of unbranched alkanes of at least 4 members (excludes halogenated alkanes) is 8. The van der Waals surface area contributed by atoms with Crippen molar-refractivity contribution >= 4 is 31.3 Å². The minimum Gasteiger partial charge on any atom is -0.756 e. The molecule has 85 heavy (non-hydrogen) atoms. The van der Waals surface area contributed by atoms with Crippen molar-refractivity contribution in [3.05, 3.63) is 0 Å². The zero-order valence-electron chi connectivity index (χ0n) is 57.7. The second-order valence-corrected chi connectivity index (χ2v) is 29.1. The second-order valence-electron chi connectivity index (χ2n) is 23.5. The van der Waals surface area contributed by atoms with E-state index in [2.05, 4.69) is 111 Å². The van der Waals surface area contributed by atoms with Crippen LogP contribution in [0.2, 0.25) is 0 Å². The van der Waals surface area contributed by atoms with Crippen LogP contribution in [0.15, 0.2) is 0 Å². The van der Waals surface area contributed by atoms with E-state index in [0.717, 1.165) is 205 Å². The number of phosphoric ester groups is 4. The van der Waals surface area contributed by atoms with Crippen molar-refractivity contribution in [3.63, 3.8) is 0 Å². The van der Waals surface area contributed by atoms with Gasteiger partial charge in [0.2, 0.25) is 0 Å². The number of hydrogen-bond acceptors (Lipinski definition) is 16. The molecule has 1 radical (unpaired) electrons. The van der Waals surface area contributed by atoms with Gasteiger partial charge >= 0.3 is 18.6 Å². The van der Waals surface area contributed by atoms with Crippen LogP contribution in [0.3, 0.4) is 0 Å². The fourth-order valence-corrected chi connectivity index (χ4v) is 12.4. The molecule has 0 aliphatic heterocycles. The quantitative estimate of drug-likeness (QED) is 0.0515. The molecule has 8 unspecified atom stereocenters. The zero-order chi connectivity index (χ0) is 64.6. The van der Waals surface area contributed by atoms with E-state index in [4.69, 9.17) is 36.2 Å². The SMILES string of the molecule is CCCCC(CC)COP(=O)([O-])OCC(CC)CCCC.CCCCC(CC)COP(=O)([O-])OCC(CC)CCCC.CCCCC(CC)COP(=O)([O-])OCC(CC)CCCC.CCCCC(CC)COP(=O)([O-])OCC(CC)CCCC.[V+4]. The summed E-state index contributed by atoms with van der Waals surface area (Å²) in [7, 11) is -16.6. The van der Waals surface area contributed by atoms with E-state index < -0.39 is 31.3 Å². The summed E-state index contributed by atoms with van der Waals surface area (Å²) >= 11 is 0. The summed E-state index contributed by atoms with van der Waals surface area (Å²) < 4.78 is 87.7. The Kier molecular flexibility index (Phi) is 71.1. The average molecular weight is 1340 g/mol. The molecular weight excluding hydrogens is 1200 g/mol. The monoisotopic (exact) mass is 1340 g/mol. The largest absolute Gasteiger partial charge is 4.00 e. The van der Waals surface area contributed by atoms with Crippen molar-refractivity contribution in [1.29, 1.82) is 0 Å². The summed E-state index contributed by atoms with van der Waals surface area (Å²) in [5.74, 6) is 2.43. The van der Waals surface area contributed by atoms with Gasteiger partial charge in [-0.05, 0) is 98.7 Å². The molecule has 0 amide bonds. The van der Waals surface area contributed by atoms with Crippen LogP contribution in [0.5, 0.6) is 0 Å². The molecule has 0 aromatic heterocycles. The van der Waals surface area contributed by atoms with E-state index in [0.29, 0.717) is 47.3 Å². The molecule has 0 heterocycles. The van der Waals surface area contributed by atoms with Crippen molar-refractivity contribution in [3.8, 4) is 0 Å². The summed E-state index contributed by atoms with van der Waals surface area (Å²) in [4.78, 5) is 47.2. The smallest absolute Gasteiger partial charge is 0.756 e. The van der Waals surface area contributed by atoms with E-state index >= 15 is 0 Å². The van der Waals surface area contributed by atoms with Gasteiger partial charge in [0.05, 0.1) is 52.9 Å². The molecule has 513 valence electrons. The van der Waals surface area contributed by atoms with E-state index in [9.17, 15) is 37.8 Å². The Morgan fingerprint density at radius 2 is 0.318 bits per heavy atom. The van der Waals surface area contributed by atoms with Crippen LogP contribution in [0, 0.1) is 47.3 Å². The molecule has 0 N–H and O–H groups in total. The molecule has 0 aromatic rings. The first-order chi connectivity index (χ1) is 39.9. The Hall–Kier alpha value is 1.02. The van der Waals surface area contributed by atoms with Crippen LogP contribution in [0.1, 0.15) is 316 Å². The molecule has 0 bridgehead atoms. The van der Waals surface area contributed by atoms with Gasteiger partial charge < -0.3 is 55.8 Å². The molecule has 0 spiro atoms. The predicted octanol–water partition coefficient (Wildman–Crippen LogP) is 19.7. The fraction of sp³-hybridized carbons (Fsp3) is 1.00. The Labute approximate surface area is 537 Å². The van der Waals surface area contributed by atoms with Gasteiger partial charge in [-0.2, -0.15) is 0 Å². The summed E-state index contributed by atoms with van der Waals surface area (Å²) in [5, 5.41) is 0. The molecule has 0 fully saturated rings. The van der Waals surface area contributed by atoms with E-state index in [1.807, 2.05) is 0 Å². The first-order valence-corrected chi connectivity index (χ1v) is 40.2. The van der Waals surface area contributed by atoms with Gasteiger partial charge in [-0.3, -0.25) is 18.3 Å². The number of phosphoric acid groups is 4. The normalized spacial score (nSPS) is 17.2. The van der Waals surface area contributed by atoms with E-state index in [1.54, 1.807) is 0 Å². The molecule has 0 saturated heterocycles. The molecule has 0 saturated carbocycles. The molecular formula is C64H136O16P4V. The van der Waals surface area contributed by atoms with Crippen LogP contribution < -0.4 is 19.6 Å². The van der Waals surface area contributed by atoms with Gasteiger partial charge in [0.1, 0.15) is 0 Å². The van der Waals surface area contributed by atoms with Crippen molar-refractivity contribution in [2.75, 3.05) is 52.9 Å².